The fraction of sp³-hybridized carbons (Fsp3) is 0.833. The minimum atomic E-state index is -0.875. The molecule has 0 bridgehead atoms. The Morgan fingerprint density at radius 3 is 2.60 bits per heavy atom. The van der Waals surface area contributed by atoms with Crippen LogP contribution in [0.1, 0.15) is 46.0 Å². The van der Waals surface area contributed by atoms with Gasteiger partial charge >= 0.3 is 5.97 Å². The lowest BCUT2D eigenvalue weighted by Crippen LogP contribution is -2.27. The molecule has 0 aliphatic heterocycles. The van der Waals surface area contributed by atoms with E-state index >= 15 is 0 Å². The van der Waals surface area contributed by atoms with E-state index < -0.39 is 5.97 Å². The third-order valence-electron chi connectivity index (χ3n) is 3.31. The van der Waals surface area contributed by atoms with Gasteiger partial charge in [-0.1, -0.05) is 26.7 Å². The highest BCUT2D eigenvalue weighted by atomic mass is 16.4. The van der Waals surface area contributed by atoms with Crippen molar-refractivity contribution in [2.75, 3.05) is 0 Å². The highest BCUT2D eigenvalue weighted by Gasteiger charge is 2.28. The summed E-state index contributed by atoms with van der Waals surface area (Å²) in [6.07, 6.45) is 4.19. The molecule has 15 heavy (non-hydrogen) atoms. The van der Waals surface area contributed by atoms with Crippen LogP contribution in [0.4, 0.5) is 0 Å². The molecule has 1 fully saturated rings. The van der Waals surface area contributed by atoms with Crippen molar-refractivity contribution < 1.29 is 14.7 Å². The zero-order chi connectivity index (χ0) is 11.4. The Hall–Kier alpha value is -0.860. The average molecular weight is 212 g/mol. The van der Waals surface area contributed by atoms with Crippen molar-refractivity contribution in [1.29, 1.82) is 0 Å². The Balaban J connectivity index is 2.47. The number of aliphatic carboxylic acids is 1. The van der Waals surface area contributed by atoms with Crippen LogP contribution in [0.3, 0.4) is 0 Å². The predicted molar refractivity (Wildman–Crippen MR) is 57.5 cm³/mol. The van der Waals surface area contributed by atoms with Crippen LogP contribution in [-0.4, -0.2) is 16.9 Å². The van der Waals surface area contributed by atoms with Crippen molar-refractivity contribution in [2.24, 2.45) is 17.8 Å². The molecule has 3 atom stereocenters. The summed E-state index contributed by atoms with van der Waals surface area (Å²) in [5, 5.41) is 8.63. The molecular formula is C12H20O3. The molecule has 0 spiro atoms. The van der Waals surface area contributed by atoms with Crippen LogP contribution in [0.5, 0.6) is 0 Å². The number of carbonyl (C=O) groups excluding carboxylic acids is 1. The van der Waals surface area contributed by atoms with Crippen LogP contribution in [0.2, 0.25) is 0 Å². The molecule has 3 unspecified atom stereocenters. The van der Waals surface area contributed by atoms with E-state index in [0.717, 1.165) is 19.3 Å². The van der Waals surface area contributed by atoms with Gasteiger partial charge in [-0.2, -0.15) is 0 Å². The third kappa shape index (κ3) is 3.65. The first-order chi connectivity index (χ1) is 7.00. The number of rotatable bonds is 4. The summed E-state index contributed by atoms with van der Waals surface area (Å²) in [5.41, 5.74) is 0. The normalized spacial score (nSPS) is 28.4. The molecule has 1 saturated carbocycles. The van der Waals surface area contributed by atoms with Crippen LogP contribution < -0.4 is 0 Å². The van der Waals surface area contributed by atoms with E-state index in [0.29, 0.717) is 5.92 Å². The number of hydrogen-bond donors (Lipinski definition) is 1. The Bertz CT molecular complexity index is 247. The Morgan fingerprint density at radius 2 is 2.07 bits per heavy atom. The maximum Gasteiger partial charge on any atom is 0.304 e. The summed E-state index contributed by atoms with van der Waals surface area (Å²) in [6, 6.07) is 0. The van der Waals surface area contributed by atoms with Gasteiger partial charge in [0.25, 0.3) is 0 Å². The van der Waals surface area contributed by atoms with Gasteiger partial charge in [-0.15, -0.1) is 0 Å². The van der Waals surface area contributed by atoms with Crippen molar-refractivity contribution >= 4 is 11.8 Å². The van der Waals surface area contributed by atoms with Crippen LogP contribution >= 0.6 is 0 Å². The summed E-state index contributed by atoms with van der Waals surface area (Å²) in [6.45, 7) is 3.90. The summed E-state index contributed by atoms with van der Waals surface area (Å²) in [5.74, 6) is -0.311. The predicted octanol–water partition coefficient (Wildman–Crippen LogP) is 2.49. The lowest BCUT2D eigenvalue weighted by Gasteiger charge is -2.27. The van der Waals surface area contributed by atoms with Crippen molar-refractivity contribution in [3.05, 3.63) is 0 Å². The van der Waals surface area contributed by atoms with Gasteiger partial charge in [-0.05, 0) is 18.8 Å². The van der Waals surface area contributed by atoms with Crippen molar-refractivity contribution in [1.82, 2.24) is 0 Å². The number of ketones is 1. The molecule has 0 radical (unpaired) electrons. The quantitative estimate of drug-likeness (QED) is 0.779. The largest absolute Gasteiger partial charge is 0.481 e. The van der Waals surface area contributed by atoms with E-state index in [1.807, 2.05) is 0 Å². The smallest absolute Gasteiger partial charge is 0.304 e. The molecule has 86 valence electrons. The summed E-state index contributed by atoms with van der Waals surface area (Å²) < 4.78 is 0. The maximum atomic E-state index is 11.9. The molecule has 0 amide bonds. The maximum absolute atomic E-state index is 11.9. The van der Waals surface area contributed by atoms with Crippen molar-refractivity contribution in [3.8, 4) is 0 Å². The number of carboxylic acid groups (broad SMARTS) is 1. The molecule has 1 rings (SSSR count). The summed E-state index contributed by atoms with van der Waals surface area (Å²) in [7, 11) is 0. The van der Waals surface area contributed by atoms with E-state index in [1.54, 1.807) is 6.92 Å². The van der Waals surface area contributed by atoms with Crippen LogP contribution in [0.25, 0.3) is 0 Å². The van der Waals surface area contributed by atoms with Gasteiger partial charge in [0, 0.05) is 11.8 Å². The molecule has 3 heteroatoms. The standard InChI is InChI=1S/C12H20O3/c1-8-4-3-5-10(6-8)12(15)9(2)7-11(13)14/h8-10H,3-7H2,1-2H3,(H,13,14). The van der Waals surface area contributed by atoms with Gasteiger partial charge in [0.1, 0.15) is 5.78 Å². The first-order valence-corrected chi connectivity index (χ1v) is 5.76. The van der Waals surface area contributed by atoms with Gasteiger partial charge < -0.3 is 5.11 Å². The highest BCUT2D eigenvalue weighted by molar-refractivity contribution is 5.86. The molecular weight excluding hydrogens is 192 g/mol. The number of hydrogen-bond acceptors (Lipinski definition) is 2. The molecule has 0 aromatic rings. The highest BCUT2D eigenvalue weighted by Crippen LogP contribution is 2.31. The topological polar surface area (TPSA) is 54.4 Å². The first kappa shape index (κ1) is 12.2. The molecule has 3 nitrogen and oxygen atoms in total. The van der Waals surface area contributed by atoms with Gasteiger partial charge in [-0.25, -0.2) is 0 Å². The number of carbonyl (C=O) groups is 2. The zero-order valence-electron chi connectivity index (χ0n) is 9.53. The Labute approximate surface area is 90.9 Å². The average Bonchev–Trinajstić information content (AvgIpc) is 2.15. The second kappa shape index (κ2) is 5.29. The first-order valence-electron chi connectivity index (χ1n) is 5.76. The molecule has 0 heterocycles. The van der Waals surface area contributed by atoms with Gasteiger partial charge in [0.2, 0.25) is 0 Å². The van der Waals surface area contributed by atoms with Crippen LogP contribution in [0.15, 0.2) is 0 Å². The lowest BCUT2D eigenvalue weighted by molar-refractivity contribution is -0.141. The van der Waals surface area contributed by atoms with E-state index in [1.165, 1.54) is 6.42 Å². The fourth-order valence-corrected chi connectivity index (χ4v) is 2.46. The van der Waals surface area contributed by atoms with Gasteiger partial charge in [0.05, 0.1) is 6.42 Å². The molecule has 0 saturated heterocycles. The molecule has 0 aromatic carbocycles. The minimum absolute atomic E-state index is 0.0241. The van der Waals surface area contributed by atoms with Crippen LogP contribution in [0, 0.1) is 17.8 Å². The molecule has 0 aromatic heterocycles. The second-order valence-electron chi connectivity index (χ2n) is 4.87. The van der Waals surface area contributed by atoms with Gasteiger partial charge in [0.15, 0.2) is 0 Å². The zero-order valence-corrected chi connectivity index (χ0v) is 9.53. The third-order valence-corrected chi connectivity index (χ3v) is 3.31. The molecule has 1 aliphatic carbocycles. The van der Waals surface area contributed by atoms with E-state index in [4.69, 9.17) is 5.11 Å². The second-order valence-corrected chi connectivity index (χ2v) is 4.87. The van der Waals surface area contributed by atoms with Crippen molar-refractivity contribution in [3.63, 3.8) is 0 Å². The monoisotopic (exact) mass is 212 g/mol. The number of Topliss-reactive ketones (excluding diaryl/α,β-unsaturated/α-hetero) is 1. The summed E-state index contributed by atoms with van der Waals surface area (Å²) >= 11 is 0. The summed E-state index contributed by atoms with van der Waals surface area (Å²) in [4.78, 5) is 22.4. The number of carboxylic acids is 1. The lowest BCUT2D eigenvalue weighted by atomic mass is 9.77. The van der Waals surface area contributed by atoms with E-state index in [9.17, 15) is 9.59 Å². The Morgan fingerprint density at radius 1 is 1.40 bits per heavy atom. The van der Waals surface area contributed by atoms with Gasteiger partial charge in [-0.3, -0.25) is 9.59 Å². The van der Waals surface area contributed by atoms with Crippen LogP contribution in [-0.2, 0) is 9.59 Å². The Kier molecular flexibility index (Phi) is 4.30. The van der Waals surface area contributed by atoms with Crippen molar-refractivity contribution in [2.45, 2.75) is 46.0 Å². The minimum Gasteiger partial charge on any atom is -0.481 e. The SMILES string of the molecule is CC1CCCC(C(=O)C(C)CC(=O)O)C1. The van der Waals surface area contributed by atoms with E-state index in [2.05, 4.69) is 6.92 Å². The van der Waals surface area contributed by atoms with E-state index in [-0.39, 0.29) is 24.0 Å². The fourth-order valence-electron chi connectivity index (χ4n) is 2.46. The molecule has 1 N–H and O–H groups in total. The molecule has 1 aliphatic rings.